The maximum Gasteiger partial charge on any atom is 0.243 e. The lowest BCUT2D eigenvalue weighted by Crippen LogP contribution is -2.35. The van der Waals surface area contributed by atoms with E-state index in [0.717, 1.165) is 14.3 Å². The Morgan fingerprint density at radius 2 is 1.91 bits per heavy atom. The van der Waals surface area contributed by atoms with Gasteiger partial charge in [0.2, 0.25) is 15.9 Å². The van der Waals surface area contributed by atoms with Gasteiger partial charge in [-0.25, -0.2) is 8.42 Å². The highest BCUT2D eigenvalue weighted by Crippen LogP contribution is 2.18. The maximum absolute atomic E-state index is 12.4. The van der Waals surface area contributed by atoms with Gasteiger partial charge in [-0.15, -0.1) is 0 Å². The Morgan fingerprint density at radius 1 is 1.26 bits per heavy atom. The first-order valence-electron chi connectivity index (χ1n) is 6.73. The number of carbonyl (C=O) groups is 1. The summed E-state index contributed by atoms with van der Waals surface area (Å²) >= 11 is 3.26. The molecule has 0 aliphatic carbocycles. The molecule has 6 nitrogen and oxygen atoms in total. The standard InChI is InChI=1S/C15H16BrN3O3S/c1-11-9-17-8-7-14(11)18-15(20)10-19(2)23(21,22)13-5-3-12(16)4-6-13/h3-9H,10H2,1-2H3,(H,17,18,20). The number of aromatic nitrogens is 1. The minimum atomic E-state index is -3.71. The van der Waals surface area contributed by atoms with Crippen LogP contribution < -0.4 is 5.32 Å². The second kappa shape index (κ2) is 7.20. The molecule has 0 bridgehead atoms. The zero-order valence-corrected chi connectivity index (χ0v) is 15.1. The van der Waals surface area contributed by atoms with Crippen molar-refractivity contribution in [3.8, 4) is 0 Å². The first-order valence-corrected chi connectivity index (χ1v) is 8.96. The van der Waals surface area contributed by atoms with Crippen molar-refractivity contribution in [1.82, 2.24) is 9.29 Å². The summed E-state index contributed by atoms with van der Waals surface area (Å²) < 4.78 is 26.6. The van der Waals surface area contributed by atoms with Gasteiger partial charge in [-0.05, 0) is 42.8 Å². The minimum Gasteiger partial charge on any atom is -0.325 e. The summed E-state index contributed by atoms with van der Waals surface area (Å²) in [5, 5.41) is 2.68. The zero-order chi connectivity index (χ0) is 17.0. The van der Waals surface area contributed by atoms with E-state index in [0.29, 0.717) is 5.69 Å². The molecule has 2 rings (SSSR count). The van der Waals surface area contributed by atoms with Crippen LogP contribution in [0.2, 0.25) is 0 Å². The van der Waals surface area contributed by atoms with Crippen LogP contribution in [0.25, 0.3) is 0 Å². The number of halogens is 1. The first kappa shape index (κ1) is 17.6. The number of hydrogen-bond acceptors (Lipinski definition) is 4. The molecular weight excluding hydrogens is 382 g/mol. The maximum atomic E-state index is 12.4. The summed E-state index contributed by atoms with van der Waals surface area (Å²) in [6.07, 6.45) is 3.18. The molecule has 0 fully saturated rings. The molecule has 2 aromatic rings. The largest absolute Gasteiger partial charge is 0.325 e. The number of pyridine rings is 1. The second-order valence-electron chi connectivity index (χ2n) is 4.95. The lowest BCUT2D eigenvalue weighted by atomic mass is 10.2. The Kier molecular flexibility index (Phi) is 5.51. The monoisotopic (exact) mass is 397 g/mol. The Morgan fingerprint density at radius 3 is 2.52 bits per heavy atom. The van der Waals surface area contributed by atoms with Crippen molar-refractivity contribution in [3.63, 3.8) is 0 Å². The summed E-state index contributed by atoms with van der Waals surface area (Å²) in [6, 6.07) is 7.92. The fourth-order valence-electron chi connectivity index (χ4n) is 1.88. The molecule has 1 heterocycles. The van der Waals surface area contributed by atoms with Crippen LogP contribution in [0.15, 0.2) is 52.1 Å². The number of carbonyl (C=O) groups excluding carboxylic acids is 1. The molecule has 122 valence electrons. The smallest absolute Gasteiger partial charge is 0.243 e. The number of likely N-dealkylation sites (N-methyl/N-ethyl adjacent to an activating group) is 1. The van der Waals surface area contributed by atoms with Crippen molar-refractivity contribution in [3.05, 3.63) is 52.8 Å². The molecule has 0 radical (unpaired) electrons. The van der Waals surface area contributed by atoms with Gasteiger partial charge in [0, 0.05) is 29.6 Å². The average molecular weight is 398 g/mol. The molecule has 1 aromatic carbocycles. The average Bonchev–Trinajstić information content (AvgIpc) is 2.50. The van der Waals surface area contributed by atoms with Crippen molar-refractivity contribution in [2.24, 2.45) is 0 Å². The van der Waals surface area contributed by atoms with Crippen molar-refractivity contribution < 1.29 is 13.2 Å². The van der Waals surface area contributed by atoms with Crippen LogP contribution in [0.4, 0.5) is 5.69 Å². The molecule has 23 heavy (non-hydrogen) atoms. The van der Waals surface area contributed by atoms with E-state index in [-0.39, 0.29) is 11.4 Å². The van der Waals surface area contributed by atoms with Crippen LogP contribution in [-0.4, -0.2) is 37.2 Å². The van der Waals surface area contributed by atoms with Gasteiger partial charge in [-0.1, -0.05) is 15.9 Å². The highest BCUT2D eigenvalue weighted by Gasteiger charge is 2.23. The Labute approximate surface area is 143 Å². The number of nitrogens with zero attached hydrogens (tertiary/aromatic N) is 2. The molecule has 0 saturated carbocycles. The van der Waals surface area contributed by atoms with E-state index in [2.05, 4.69) is 26.2 Å². The number of nitrogens with one attached hydrogen (secondary N) is 1. The van der Waals surface area contributed by atoms with Gasteiger partial charge in [-0.3, -0.25) is 9.78 Å². The van der Waals surface area contributed by atoms with E-state index in [1.807, 2.05) is 6.92 Å². The molecule has 1 amide bonds. The van der Waals surface area contributed by atoms with Gasteiger partial charge in [0.1, 0.15) is 0 Å². The summed E-state index contributed by atoms with van der Waals surface area (Å²) in [5.74, 6) is -0.414. The van der Waals surface area contributed by atoms with E-state index in [4.69, 9.17) is 0 Å². The number of amides is 1. The molecule has 1 N–H and O–H groups in total. The summed E-state index contributed by atoms with van der Waals surface area (Å²) in [6.45, 7) is 1.53. The quantitative estimate of drug-likeness (QED) is 0.839. The number of aryl methyl sites for hydroxylation is 1. The molecule has 0 saturated heterocycles. The summed E-state index contributed by atoms with van der Waals surface area (Å²) in [5.41, 5.74) is 1.42. The third kappa shape index (κ3) is 4.37. The van der Waals surface area contributed by atoms with E-state index < -0.39 is 15.9 Å². The molecular formula is C15H16BrN3O3S. The topological polar surface area (TPSA) is 79.4 Å². The van der Waals surface area contributed by atoms with Crippen LogP contribution in [0.5, 0.6) is 0 Å². The number of rotatable bonds is 5. The van der Waals surface area contributed by atoms with Gasteiger partial charge in [0.15, 0.2) is 0 Å². The van der Waals surface area contributed by atoms with E-state index >= 15 is 0 Å². The molecule has 0 unspecified atom stereocenters. The molecule has 0 atom stereocenters. The van der Waals surface area contributed by atoms with Crippen LogP contribution in [0.1, 0.15) is 5.56 Å². The zero-order valence-electron chi connectivity index (χ0n) is 12.7. The predicted molar refractivity (Wildman–Crippen MR) is 91.6 cm³/mol. The first-order chi connectivity index (χ1) is 10.8. The Hall–Kier alpha value is -1.77. The fraction of sp³-hybridized carbons (Fsp3) is 0.200. The van der Waals surface area contributed by atoms with E-state index in [1.165, 1.54) is 19.2 Å². The lowest BCUT2D eigenvalue weighted by molar-refractivity contribution is -0.116. The molecule has 0 spiro atoms. The third-order valence-electron chi connectivity index (χ3n) is 3.18. The van der Waals surface area contributed by atoms with Crippen LogP contribution in [-0.2, 0) is 14.8 Å². The highest BCUT2D eigenvalue weighted by atomic mass is 79.9. The molecule has 0 aliphatic heterocycles. The number of sulfonamides is 1. The van der Waals surface area contributed by atoms with Crippen molar-refractivity contribution in [2.45, 2.75) is 11.8 Å². The Balaban J connectivity index is 2.08. The van der Waals surface area contributed by atoms with Gasteiger partial charge in [-0.2, -0.15) is 4.31 Å². The van der Waals surface area contributed by atoms with Gasteiger partial charge >= 0.3 is 0 Å². The highest BCUT2D eigenvalue weighted by molar-refractivity contribution is 9.10. The van der Waals surface area contributed by atoms with E-state index in [9.17, 15) is 13.2 Å². The number of benzene rings is 1. The van der Waals surface area contributed by atoms with Gasteiger partial charge in [0.05, 0.1) is 11.4 Å². The molecule has 0 aliphatic rings. The Bertz CT molecular complexity index is 807. The van der Waals surface area contributed by atoms with Crippen molar-refractivity contribution >= 4 is 37.5 Å². The fourth-order valence-corrected chi connectivity index (χ4v) is 3.27. The van der Waals surface area contributed by atoms with Crippen molar-refractivity contribution in [2.75, 3.05) is 18.9 Å². The normalized spacial score (nSPS) is 11.5. The van der Waals surface area contributed by atoms with E-state index in [1.54, 1.807) is 30.6 Å². The predicted octanol–water partition coefficient (Wildman–Crippen LogP) is 2.41. The SMILES string of the molecule is Cc1cnccc1NC(=O)CN(C)S(=O)(=O)c1ccc(Br)cc1. The van der Waals surface area contributed by atoms with Gasteiger partial charge in [0.25, 0.3) is 0 Å². The molecule has 1 aromatic heterocycles. The van der Waals surface area contributed by atoms with Crippen LogP contribution >= 0.6 is 15.9 Å². The minimum absolute atomic E-state index is 0.135. The third-order valence-corrected chi connectivity index (χ3v) is 5.53. The van der Waals surface area contributed by atoms with Crippen LogP contribution in [0, 0.1) is 6.92 Å². The number of hydrogen-bond donors (Lipinski definition) is 1. The molecule has 8 heteroatoms. The second-order valence-corrected chi connectivity index (χ2v) is 7.91. The summed E-state index contributed by atoms with van der Waals surface area (Å²) in [4.78, 5) is 16.1. The van der Waals surface area contributed by atoms with Gasteiger partial charge < -0.3 is 5.32 Å². The van der Waals surface area contributed by atoms with Crippen molar-refractivity contribution in [1.29, 1.82) is 0 Å². The summed E-state index contributed by atoms with van der Waals surface area (Å²) in [7, 11) is -2.34. The number of anilines is 1. The lowest BCUT2D eigenvalue weighted by Gasteiger charge is -2.17. The van der Waals surface area contributed by atoms with Crippen LogP contribution in [0.3, 0.4) is 0 Å².